The molecule has 2 aromatic carbocycles. The van der Waals surface area contributed by atoms with Crippen LogP contribution >= 0.6 is 0 Å². The Bertz CT molecular complexity index is 917. The van der Waals surface area contributed by atoms with Crippen LogP contribution in [0.15, 0.2) is 30.3 Å². The second kappa shape index (κ2) is 9.62. The number of likely N-dealkylation sites (tertiary alicyclic amines) is 1. The molecule has 1 saturated heterocycles. The molecule has 4 nitrogen and oxygen atoms in total. The van der Waals surface area contributed by atoms with Crippen LogP contribution in [-0.2, 0) is 11.3 Å². The van der Waals surface area contributed by atoms with E-state index < -0.39 is 0 Å². The molecule has 4 rings (SSSR count). The van der Waals surface area contributed by atoms with Crippen molar-refractivity contribution in [2.24, 2.45) is 11.8 Å². The molecule has 30 heavy (non-hydrogen) atoms. The van der Waals surface area contributed by atoms with Crippen LogP contribution in [0.5, 0.6) is 5.75 Å². The number of nitrogens with zero attached hydrogens (tertiary/aromatic N) is 2. The average Bonchev–Trinajstić information content (AvgIpc) is 2.80. The SMILES string of the molecule is CCC1CCC(Oc2ccc3ccc(CN4CCC(C=O)CC4)cc3c2C#N)CC1. The Morgan fingerprint density at radius 2 is 1.83 bits per heavy atom. The second-order valence-electron chi connectivity index (χ2n) is 9.02. The monoisotopic (exact) mass is 404 g/mol. The molecule has 0 aromatic heterocycles. The summed E-state index contributed by atoms with van der Waals surface area (Å²) in [4.78, 5) is 13.4. The highest BCUT2D eigenvalue weighted by Gasteiger charge is 2.23. The fourth-order valence-corrected chi connectivity index (χ4v) is 5.00. The number of benzene rings is 2. The Labute approximate surface area is 179 Å². The predicted molar refractivity (Wildman–Crippen MR) is 119 cm³/mol. The number of carbonyl (C=O) groups excluding carboxylic acids is 1. The topological polar surface area (TPSA) is 53.3 Å². The lowest BCUT2D eigenvalue weighted by molar-refractivity contribution is -0.112. The third-order valence-corrected chi connectivity index (χ3v) is 7.06. The molecule has 0 amide bonds. The Kier molecular flexibility index (Phi) is 6.69. The van der Waals surface area contributed by atoms with Crippen LogP contribution in [0.3, 0.4) is 0 Å². The molecule has 0 atom stereocenters. The van der Waals surface area contributed by atoms with E-state index in [4.69, 9.17) is 4.74 Å². The number of fused-ring (bicyclic) bond motifs is 1. The molecule has 2 aromatic rings. The van der Waals surface area contributed by atoms with Crippen molar-refractivity contribution >= 4 is 17.1 Å². The molecule has 0 N–H and O–H groups in total. The summed E-state index contributed by atoms with van der Waals surface area (Å²) in [6.45, 7) is 5.04. The molecule has 1 saturated carbocycles. The van der Waals surface area contributed by atoms with E-state index >= 15 is 0 Å². The van der Waals surface area contributed by atoms with Gasteiger partial charge in [-0.3, -0.25) is 4.90 Å². The number of aldehydes is 1. The first-order valence-corrected chi connectivity index (χ1v) is 11.5. The molecule has 4 heteroatoms. The molecule has 2 fully saturated rings. The molecule has 1 heterocycles. The number of ether oxygens (including phenoxy) is 1. The van der Waals surface area contributed by atoms with Crippen LogP contribution in [0.2, 0.25) is 0 Å². The average molecular weight is 405 g/mol. The van der Waals surface area contributed by atoms with Gasteiger partial charge in [-0.1, -0.05) is 31.5 Å². The summed E-state index contributed by atoms with van der Waals surface area (Å²) in [5.74, 6) is 1.78. The largest absolute Gasteiger partial charge is 0.489 e. The standard InChI is InChI=1S/C26H32N2O2/c1-2-19-4-8-23(9-5-19)30-26-10-7-22-6-3-21(15-24(22)25(26)16-27)17-28-13-11-20(18-29)12-14-28/h3,6-7,10,15,18-20,23H,2,4-5,8-9,11-14,17H2,1H3. The number of piperidine rings is 1. The number of nitriles is 1. The summed E-state index contributed by atoms with van der Waals surface area (Å²) in [6.07, 6.45) is 9.07. The quantitative estimate of drug-likeness (QED) is 0.599. The molecule has 0 unspecified atom stereocenters. The number of rotatable bonds is 6. The number of hydrogen-bond acceptors (Lipinski definition) is 4. The first-order chi connectivity index (χ1) is 14.7. The van der Waals surface area contributed by atoms with Gasteiger partial charge in [0.05, 0.1) is 6.10 Å². The lowest BCUT2D eigenvalue weighted by Crippen LogP contribution is -2.33. The third kappa shape index (κ3) is 4.68. The zero-order valence-corrected chi connectivity index (χ0v) is 18.0. The first-order valence-electron chi connectivity index (χ1n) is 11.5. The minimum Gasteiger partial charge on any atom is -0.489 e. The van der Waals surface area contributed by atoms with Crippen LogP contribution in [0, 0.1) is 23.2 Å². The van der Waals surface area contributed by atoms with Gasteiger partial charge in [0.15, 0.2) is 0 Å². The maximum absolute atomic E-state index is 11.0. The highest BCUT2D eigenvalue weighted by atomic mass is 16.5. The summed E-state index contributed by atoms with van der Waals surface area (Å²) in [7, 11) is 0. The van der Waals surface area contributed by atoms with Gasteiger partial charge in [-0.15, -0.1) is 0 Å². The summed E-state index contributed by atoms with van der Waals surface area (Å²) >= 11 is 0. The van der Waals surface area contributed by atoms with E-state index in [1.165, 1.54) is 24.8 Å². The fourth-order valence-electron chi connectivity index (χ4n) is 5.00. The maximum Gasteiger partial charge on any atom is 0.138 e. The zero-order chi connectivity index (χ0) is 20.9. The van der Waals surface area contributed by atoms with E-state index in [1.54, 1.807) is 0 Å². The van der Waals surface area contributed by atoms with Crippen LogP contribution < -0.4 is 4.74 Å². The van der Waals surface area contributed by atoms with E-state index in [0.717, 1.165) is 74.0 Å². The lowest BCUT2D eigenvalue weighted by Gasteiger charge is -2.29. The van der Waals surface area contributed by atoms with Crippen LogP contribution in [-0.4, -0.2) is 30.4 Å². The van der Waals surface area contributed by atoms with E-state index in [0.29, 0.717) is 5.56 Å². The van der Waals surface area contributed by atoms with Gasteiger partial charge < -0.3 is 9.53 Å². The van der Waals surface area contributed by atoms with Gasteiger partial charge in [0.1, 0.15) is 23.7 Å². The molecule has 2 aliphatic rings. The molecule has 1 aliphatic carbocycles. The van der Waals surface area contributed by atoms with Gasteiger partial charge in [0.2, 0.25) is 0 Å². The van der Waals surface area contributed by atoms with Crippen molar-refractivity contribution in [3.63, 3.8) is 0 Å². The molecular formula is C26H32N2O2. The van der Waals surface area contributed by atoms with Crippen LogP contribution in [0.25, 0.3) is 10.8 Å². The van der Waals surface area contributed by atoms with Crippen molar-refractivity contribution in [2.45, 2.75) is 64.5 Å². The molecule has 1 aliphatic heterocycles. The van der Waals surface area contributed by atoms with Crippen molar-refractivity contribution < 1.29 is 9.53 Å². The van der Waals surface area contributed by atoms with Crippen molar-refractivity contribution in [1.82, 2.24) is 4.90 Å². The van der Waals surface area contributed by atoms with Crippen molar-refractivity contribution in [1.29, 1.82) is 5.26 Å². The van der Waals surface area contributed by atoms with Crippen LogP contribution in [0.4, 0.5) is 0 Å². The van der Waals surface area contributed by atoms with Gasteiger partial charge in [0, 0.05) is 17.8 Å². The predicted octanol–water partition coefficient (Wildman–Crippen LogP) is 5.47. The lowest BCUT2D eigenvalue weighted by atomic mass is 9.86. The third-order valence-electron chi connectivity index (χ3n) is 7.06. The smallest absolute Gasteiger partial charge is 0.138 e. The fraction of sp³-hybridized carbons (Fsp3) is 0.538. The number of hydrogen-bond donors (Lipinski definition) is 0. The second-order valence-corrected chi connectivity index (χ2v) is 9.02. The summed E-state index contributed by atoms with van der Waals surface area (Å²) in [6, 6.07) is 12.9. The Morgan fingerprint density at radius 1 is 1.10 bits per heavy atom. The van der Waals surface area contributed by atoms with Gasteiger partial charge in [-0.2, -0.15) is 5.26 Å². The minimum absolute atomic E-state index is 0.218. The van der Waals surface area contributed by atoms with Gasteiger partial charge in [-0.25, -0.2) is 0 Å². The van der Waals surface area contributed by atoms with Crippen molar-refractivity contribution in [3.8, 4) is 11.8 Å². The molecule has 0 radical (unpaired) electrons. The van der Waals surface area contributed by atoms with E-state index in [1.807, 2.05) is 6.07 Å². The van der Waals surface area contributed by atoms with Gasteiger partial charge >= 0.3 is 0 Å². The normalized spacial score (nSPS) is 23.2. The first kappa shape index (κ1) is 20.9. The highest BCUT2D eigenvalue weighted by molar-refractivity contribution is 5.90. The molecule has 0 spiro atoms. The van der Waals surface area contributed by atoms with E-state index in [2.05, 4.69) is 42.2 Å². The summed E-state index contributed by atoms with van der Waals surface area (Å²) in [5.41, 5.74) is 1.87. The Balaban J connectivity index is 1.51. The Morgan fingerprint density at radius 3 is 2.50 bits per heavy atom. The summed E-state index contributed by atoms with van der Waals surface area (Å²) in [5, 5.41) is 12.0. The highest BCUT2D eigenvalue weighted by Crippen LogP contribution is 2.33. The molecule has 0 bridgehead atoms. The Hall–Kier alpha value is -2.38. The van der Waals surface area contributed by atoms with E-state index in [9.17, 15) is 10.1 Å². The van der Waals surface area contributed by atoms with Crippen molar-refractivity contribution in [2.75, 3.05) is 13.1 Å². The number of carbonyl (C=O) groups is 1. The van der Waals surface area contributed by atoms with Crippen LogP contribution in [0.1, 0.15) is 63.0 Å². The van der Waals surface area contributed by atoms with E-state index in [-0.39, 0.29) is 12.0 Å². The van der Waals surface area contributed by atoms with Gasteiger partial charge in [-0.05, 0) is 80.6 Å². The zero-order valence-electron chi connectivity index (χ0n) is 18.0. The summed E-state index contributed by atoms with van der Waals surface area (Å²) < 4.78 is 6.33. The molecular weight excluding hydrogens is 372 g/mol. The maximum atomic E-state index is 11.0. The molecule has 158 valence electrons. The minimum atomic E-state index is 0.218. The van der Waals surface area contributed by atoms with Crippen molar-refractivity contribution in [3.05, 3.63) is 41.5 Å². The van der Waals surface area contributed by atoms with Gasteiger partial charge in [0.25, 0.3) is 0 Å².